The predicted octanol–water partition coefficient (Wildman–Crippen LogP) is 3.67. The van der Waals surface area contributed by atoms with Crippen LogP contribution in [0.5, 0.6) is 17.4 Å². The summed E-state index contributed by atoms with van der Waals surface area (Å²) in [5.41, 5.74) is 1.04. The fraction of sp³-hybridized carbons (Fsp3) is 0.478. The van der Waals surface area contributed by atoms with E-state index in [1.165, 1.54) is 0 Å². The van der Waals surface area contributed by atoms with E-state index in [2.05, 4.69) is 53.2 Å². The van der Waals surface area contributed by atoms with Gasteiger partial charge in [-0.05, 0) is 45.4 Å². The number of benzene rings is 1. The highest BCUT2D eigenvalue weighted by Crippen LogP contribution is 2.23. The van der Waals surface area contributed by atoms with Gasteiger partial charge in [-0.3, -0.25) is 9.89 Å². The zero-order valence-electron chi connectivity index (χ0n) is 19.0. The lowest BCUT2D eigenvalue weighted by Crippen LogP contribution is -2.45. The maximum Gasteiger partial charge on any atom is 0.219 e. The molecule has 0 unspecified atom stereocenters. The van der Waals surface area contributed by atoms with E-state index >= 15 is 0 Å². The van der Waals surface area contributed by atoms with Gasteiger partial charge in [0.25, 0.3) is 0 Å². The summed E-state index contributed by atoms with van der Waals surface area (Å²) in [5.74, 6) is 2.75. The first-order valence-corrected chi connectivity index (χ1v) is 10.4. The lowest BCUT2D eigenvalue weighted by atomic mass is 10.2. The van der Waals surface area contributed by atoms with Crippen molar-refractivity contribution in [1.29, 1.82) is 0 Å². The van der Waals surface area contributed by atoms with Gasteiger partial charge < -0.3 is 20.1 Å². The first kappa shape index (κ1) is 23.5. The van der Waals surface area contributed by atoms with Gasteiger partial charge in [-0.1, -0.05) is 12.1 Å². The normalized spacial score (nSPS) is 11.8. The van der Waals surface area contributed by atoms with E-state index in [0.717, 1.165) is 30.4 Å². The molecular weight excluding hydrogens is 378 g/mol. The molecule has 164 valence electrons. The number of methoxy groups -OCH3 is 1. The van der Waals surface area contributed by atoms with E-state index in [0.29, 0.717) is 30.3 Å². The van der Waals surface area contributed by atoms with Crippen LogP contribution in [-0.2, 0) is 6.54 Å². The summed E-state index contributed by atoms with van der Waals surface area (Å²) in [6.07, 6.45) is 1.80. The second-order valence-corrected chi connectivity index (χ2v) is 7.56. The van der Waals surface area contributed by atoms with Crippen molar-refractivity contribution in [3.05, 3.63) is 48.2 Å². The third kappa shape index (κ3) is 7.55. The Morgan fingerprint density at radius 2 is 1.80 bits per heavy atom. The zero-order valence-corrected chi connectivity index (χ0v) is 19.0. The fourth-order valence-electron chi connectivity index (χ4n) is 3.18. The van der Waals surface area contributed by atoms with Crippen LogP contribution in [0.15, 0.2) is 47.6 Å². The molecule has 0 atom stereocenters. The largest absolute Gasteiger partial charge is 0.497 e. The van der Waals surface area contributed by atoms with Gasteiger partial charge >= 0.3 is 0 Å². The van der Waals surface area contributed by atoms with Crippen LogP contribution < -0.4 is 20.1 Å². The van der Waals surface area contributed by atoms with E-state index in [1.807, 2.05) is 36.4 Å². The van der Waals surface area contributed by atoms with Gasteiger partial charge in [0.05, 0.1) is 7.11 Å². The van der Waals surface area contributed by atoms with E-state index in [1.54, 1.807) is 20.4 Å². The van der Waals surface area contributed by atoms with Crippen LogP contribution in [0.25, 0.3) is 0 Å². The summed E-state index contributed by atoms with van der Waals surface area (Å²) in [5, 5.41) is 6.70. The Morgan fingerprint density at radius 1 is 1.07 bits per heavy atom. The van der Waals surface area contributed by atoms with Gasteiger partial charge in [-0.2, -0.15) is 0 Å². The van der Waals surface area contributed by atoms with Gasteiger partial charge in [0.2, 0.25) is 5.88 Å². The topological polar surface area (TPSA) is 71.0 Å². The molecule has 2 rings (SSSR count). The standard InChI is InChI=1S/C23H35N5O2/c1-17(2)28(18(3)4)13-12-25-23(24-5)27-16-19-10-11-22(26-15-19)30-21-9-7-8-20(14-21)29-6/h7-11,14-15,17-18H,12-13,16H2,1-6H3,(H2,24,25,27). The highest BCUT2D eigenvalue weighted by molar-refractivity contribution is 5.79. The SMILES string of the molecule is CN=C(NCCN(C(C)C)C(C)C)NCc1ccc(Oc2cccc(OC)c2)nc1. The molecule has 30 heavy (non-hydrogen) atoms. The van der Waals surface area contributed by atoms with Crippen molar-refractivity contribution in [1.82, 2.24) is 20.5 Å². The minimum Gasteiger partial charge on any atom is -0.497 e. The summed E-state index contributed by atoms with van der Waals surface area (Å²) in [4.78, 5) is 11.1. The number of nitrogens with zero attached hydrogens (tertiary/aromatic N) is 3. The van der Waals surface area contributed by atoms with E-state index in [9.17, 15) is 0 Å². The van der Waals surface area contributed by atoms with E-state index in [-0.39, 0.29) is 0 Å². The molecule has 0 aliphatic heterocycles. The molecule has 1 aromatic carbocycles. The van der Waals surface area contributed by atoms with Crippen LogP contribution in [0.1, 0.15) is 33.3 Å². The Kier molecular flexibility index (Phi) is 9.41. The van der Waals surface area contributed by atoms with Crippen molar-refractivity contribution < 1.29 is 9.47 Å². The molecule has 0 radical (unpaired) electrons. The van der Waals surface area contributed by atoms with Crippen LogP contribution >= 0.6 is 0 Å². The van der Waals surface area contributed by atoms with Crippen LogP contribution in [0.2, 0.25) is 0 Å². The predicted molar refractivity (Wildman–Crippen MR) is 122 cm³/mol. The number of hydrogen-bond acceptors (Lipinski definition) is 5. The second-order valence-electron chi connectivity index (χ2n) is 7.56. The van der Waals surface area contributed by atoms with E-state index < -0.39 is 0 Å². The third-order valence-electron chi connectivity index (χ3n) is 4.73. The quantitative estimate of drug-likeness (QED) is 0.457. The van der Waals surface area contributed by atoms with Crippen LogP contribution in [0, 0.1) is 0 Å². The number of aliphatic imine (C=N–C) groups is 1. The van der Waals surface area contributed by atoms with E-state index in [4.69, 9.17) is 9.47 Å². The number of hydrogen-bond donors (Lipinski definition) is 2. The third-order valence-corrected chi connectivity index (χ3v) is 4.73. The average Bonchev–Trinajstić information content (AvgIpc) is 2.74. The summed E-state index contributed by atoms with van der Waals surface area (Å²) in [7, 11) is 3.41. The monoisotopic (exact) mass is 413 g/mol. The van der Waals surface area contributed by atoms with Crippen molar-refractivity contribution >= 4 is 5.96 Å². The maximum atomic E-state index is 5.78. The number of guanidine groups is 1. The van der Waals surface area contributed by atoms with Crippen molar-refractivity contribution in [3.8, 4) is 17.4 Å². The highest BCUT2D eigenvalue weighted by atomic mass is 16.5. The fourth-order valence-corrected chi connectivity index (χ4v) is 3.18. The zero-order chi connectivity index (χ0) is 21.9. The maximum absolute atomic E-state index is 5.78. The molecule has 2 N–H and O–H groups in total. The van der Waals surface area contributed by atoms with Gasteiger partial charge in [-0.15, -0.1) is 0 Å². The Labute approximate surface area is 180 Å². The molecule has 0 amide bonds. The number of pyridine rings is 1. The highest BCUT2D eigenvalue weighted by Gasteiger charge is 2.12. The molecule has 7 nitrogen and oxygen atoms in total. The van der Waals surface area contributed by atoms with Gasteiger partial charge in [0, 0.05) is 57.1 Å². The van der Waals surface area contributed by atoms with Crippen LogP contribution in [0.3, 0.4) is 0 Å². The molecule has 0 aliphatic rings. The second kappa shape index (κ2) is 12.0. The van der Waals surface area contributed by atoms with Crippen molar-refractivity contribution in [3.63, 3.8) is 0 Å². The molecule has 0 fully saturated rings. The summed E-state index contributed by atoms with van der Waals surface area (Å²) < 4.78 is 11.0. The Bertz CT molecular complexity index is 782. The first-order chi connectivity index (χ1) is 14.4. The Balaban J connectivity index is 1.81. The molecule has 0 aliphatic carbocycles. The molecule has 0 saturated carbocycles. The average molecular weight is 414 g/mol. The summed E-state index contributed by atoms with van der Waals surface area (Å²) in [6, 6.07) is 12.3. The summed E-state index contributed by atoms with van der Waals surface area (Å²) >= 11 is 0. The molecular formula is C23H35N5O2. The van der Waals surface area contributed by atoms with Gasteiger partial charge in [0.1, 0.15) is 11.5 Å². The number of nitrogens with one attached hydrogen (secondary N) is 2. The van der Waals surface area contributed by atoms with Crippen molar-refractivity contribution in [2.45, 2.75) is 46.3 Å². The number of aromatic nitrogens is 1. The van der Waals surface area contributed by atoms with Gasteiger partial charge in [0.15, 0.2) is 5.96 Å². The Morgan fingerprint density at radius 3 is 2.40 bits per heavy atom. The summed E-state index contributed by atoms with van der Waals surface area (Å²) in [6.45, 7) is 11.3. The molecule has 7 heteroatoms. The molecule has 1 heterocycles. The van der Waals surface area contributed by atoms with Crippen LogP contribution in [-0.4, -0.2) is 55.2 Å². The lowest BCUT2D eigenvalue weighted by molar-refractivity contribution is 0.178. The number of rotatable bonds is 10. The minimum absolute atomic E-state index is 0.519. The van der Waals surface area contributed by atoms with Crippen molar-refractivity contribution in [2.75, 3.05) is 27.2 Å². The Hall–Kier alpha value is -2.80. The molecule has 1 aromatic heterocycles. The smallest absolute Gasteiger partial charge is 0.219 e. The number of ether oxygens (including phenoxy) is 2. The van der Waals surface area contributed by atoms with Crippen molar-refractivity contribution in [2.24, 2.45) is 4.99 Å². The first-order valence-electron chi connectivity index (χ1n) is 10.4. The molecule has 0 bridgehead atoms. The van der Waals surface area contributed by atoms with Crippen LogP contribution in [0.4, 0.5) is 0 Å². The molecule has 0 saturated heterocycles. The minimum atomic E-state index is 0.519. The molecule has 0 spiro atoms. The van der Waals surface area contributed by atoms with Gasteiger partial charge in [-0.25, -0.2) is 4.98 Å². The molecule has 2 aromatic rings. The lowest BCUT2D eigenvalue weighted by Gasteiger charge is -2.30.